The number of pyridine rings is 1. The zero-order chi connectivity index (χ0) is 14.0. The highest BCUT2D eigenvalue weighted by Crippen LogP contribution is 2.23. The molecule has 2 rings (SSSR count). The third-order valence-corrected chi connectivity index (χ3v) is 3.32. The van der Waals surface area contributed by atoms with Crippen LogP contribution in [0.2, 0.25) is 5.02 Å². The normalized spacial score (nSPS) is 19.6. The van der Waals surface area contributed by atoms with Gasteiger partial charge in [0.05, 0.1) is 10.9 Å². The number of carbonyl (C=O) groups is 1. The summed E-state index contributed by atoms with van der Waals surface area (Å²) in [5.74, 6) is 1.05. The molecule has 0 bridgehead atoms. The van der Waals surface area contributed by atoms with Gasteiger partial charge >= 0.3 is 0 Å². The van der Waals surface area contributed by atoms with Gasteiger partial charge in [0.15, 0.2) is 0 Å². The summed E-state index contributed by atoms with van der Waals surface area (Å²) < 4.78 is 0. The first-order chi connectivity index (χ1) is 8.85. The molecule has 1 atom stereocenters. The molecule has 0 spiro atoms. The summed E-state index contributed by atoms with van der Waals surface area (Å²) in [5, 5.41) is 3.66. The minimum atomic E-state index is -0.178. The maximum Gasteiger partial charge on any atom is 0.225 e. The van der Waals surface area contributed by atoms with Crippen LogP contribution in [-0.4, -0.2) is 29.5 Å². The third kappa shape index (κ3) is 3.83. The number of carbonyl (C=O) groups excluding carboxylic acids is 1. The highest BCUT2D eigenvalue weighted by molar-refractivity contribution is 6.30. The molecule has 19 heavy (non-hydrogen) atoms. The average molecular weight is 282 g/mol. The molecule has 1 aromatic heterocycles. The van der Waals surface area contributed by atoms with Crippen LogP contribution in [0.1, 0.15) is 27.2 Å². The second-order valence-electron chi connectivity index (χ2n) is 6.01. The number of aromatic nitrogens is 1. The Kier molecular flexibility index (Phi) is 3.99. The van der Waals surface area contributed by atoms with Crippen molar-refractivity contribution >= 4 is 23.3 Å². The number of halogens is 1. The molecule has 4 nitrogen and oxygen atoms in total. The van der Waals surface area contributed by atoms with Crippen LogP contribution in [0, 0.1) is 5.92 Å². The first-order valence-electron chi connectivity index (χ1n) is 6.54. The summed E-state index contributed by atoms with van der Waals surface area (Å²) >= 11 is 5.82. The topological polar surface area (TPSA) is 45.2 Å². The Labute approximate surface area is 119 Å². The SMILES string of the molecule is CC(C)(C)NC(=O)C1CCN(c2ccc(Cl)cn2)C1. The van der Waals surface area contributed by atoms with E-state index in [9.17, 15) is 4.79 Å². The summed E-state index contributed by atoms with van der Waals surface area (Å²) in [6.45, 7) is 7.57. The lowest BCUT2D eigenvalue weighted by atomic mass is 10.0. The Morgan fingerprint density at radius 3 is 2.79 bits per heavy atom. The van der Waals surface area contributed by atoms with E-state index >= 15 is 0 Å². The number of nitrogens with zero attached hydrogens (tertiary/aromatic N) is 2. The third-order valence-electron chi connectivity index (χ3n) is 3.09. The minimum absolute atomic E-state index is 0.0386. The molecule has 1 saturated heterocycles. The van der Waals surface area contributed by atoms with Crippen molar-refractivity contribution in [2.75, 3.05) is 18.0 Å². The molecule has 5 heteroatoms. The summed E-state index contributed by atoms with van der Waals surface area (Å²) in [5.41, 5.74) is -0.178. The Hall–Kier alpha value is -1.29. The van der Waals surface area contributed by atoms with Crippen LogP contribution in [0.5, 0.6) is 0 Å². The van der Waals surface area contributed by atoms with Crippen LogP contribution in [0.15, 0.2) is 18.3 Å². The Bertz CT molecular complexity index is 453. The maximum atomic E-state index is 12.1. The van der Waals surface area contributed by atoms with Crippen molar-refractivity contribution in [3.63, 3.8) is 0 Å². The average Bonchev–Trinajstić information content (AvgIpc) is 2.77. The van der Waals surface area contributed by atoms with Gasteiger partial charge in [-0.2, -0.15) is 0 Å². The quantitative estimate of drug-likeness (QED) is 0.906. The van der Waals surface area contributed by atoms with Crippen LogP contribution in [0.25, 0.3) is 0 Å². The van der Waals surface area contributed by atoms with E-state index in [2.05, 4.69) is 15.2 Å². The van der Waals surface area contributed by atoms with Crippen molar-refractivity contribution in [2.45, 2.75) is 32.7 Å². The zero-order valence-corrected chi connectivity index (χ0v) is 12.4. The Balaban J connectivity index is 1.96. The van der Waals surface area contributed by atoms with Crippen LogP contribution in [0.3, 0.4) is 0 Å². The minimum Gasteiger partial charge on any atom is -0.356 e. The van der Waals surface area contributed by atoms with Crippen LogP contribution in [-0.2, 0) is 4.79 Å². The van der Waals surface area contributed by atoms with E-state index in [0.717, 1.165) is 25.3 Å². The molecule has 1 unspecified atom stereocenters. The van der Waals surface area contributed by atoms with Gasteiger partial charge in [-0.15, -0.1) is 0 Å². The van der Waals surface area contributed by atoms with E-state index in [1.807, 2.05) is 32.9 Å². The van der Waals surface area contributed by atoms with Crippen molar-refractivity contribution in [1.29, 1.82) is 0 Å². The molecular weight excluding hydrogens is 262 g/mol. The highest BCUT2D eigenvalue weighted by atomic mass is 35.5. The number of nitrogens with one attached hydrogen (secondary N) is 1. The second-order valence-corrected chi connectivity index (χ2v) is 6.44. The summed E-state index contributed by atoms with van der Waals surface area (Å²) in [6, 6.07) is 3.72. The molecule has 1 aliphatic heterocycles. The molecule has 0 aliphatic carbocycles. The molecule has 1 amide bonds. The fraction of sp³-hybridized carbons (Fsp3) is 0.571. The molecule has 0 radical (unpaired) electrons. The van der Waals surface area contributed by atoms with E-state index < -0.39 is 0 Å². The predicted octanol–water partition coefficient (Wildman–Crippen LogP) is 2.48. The van der Waals surface area contributed by atoms with Crippen molar-refractivity contribution in [2.24, 2.45) is 5.92 Å². The predicted molar refractivity (Wildman–Crippen MR) is 77.5 cm³/mol. The monoisotopic (exact) mass is 281 g/mol. The number of hydrogen-bond acceptors (Lipinski definition) is 3. The number of anilines is 1. The first-order valence-corrected chi connectivity index (χ1v) is 6.91. The van der Waals surface area contributed by atoms with Gasteiger partial charge < -0.3 is 10.2 Å². The lowest BCUT2D eigenvalue weighted by molar-refractivity contribution is -0.125. The zero-order valence-electron chi connectivity index (χ0n) is 11.6. The smallest absolute Gasteiger partial charge is 0.225 e. The second kappa shape index (κ2) is 5.37. The molecule has 2 heterocycles. The van der Waals surface area contributed by atoms with E-state index in [1.165, 1.54) is 0 Å². The van der Waals surface area contributed by atoms with Crippen molar-refractivity contribution in [3.8, 4) is 0 Å². The molecule has 1 fully saturated rings. The highest BCUT2D eigenvalue weighted by Gasteiger charge is 2.30. The summed E-state index contributed by atoms with van der Waals surface area (Å²) in [6.07, 6.45) is 2.51. The van der Waals surface area contributed by atoms with Crippen LogP contribution < -0.4 is 10.2 Å². The molecule has 1 aliphatic rings. The molecule has 1 aromatic rings. The summed E-state index contributed by atoms with van der Waals surface area (Å²) in [4.78, 5) is 18.5. The van der Waals surface area contributed by atoms with Gasteiger partial charge in [-0.1, -0.05) is 11.6 Å². The Morgan fingerprint density at radius 2 is 2.21 bits per heavy atom. The lowest BCUT2D eigenvalue weighted by Gasteiger charge is -2.23. The Morgan fingerprint density at radius 1 is 1.47 bits per heavy atom. The fourth-order valence-corrected chi connectivity index (χ4v) is 2.32. The number of rotatable bonds is 2. The molecule has 0 saturated carbocycles. The van der Waals surface area contributed by atoms with Gasteiger partial charge in [0.1, 0.15) is 5.82 Å². The number of amides is 1. The molecule has 104 valence electrons. The first kappa shape index (κ1) is 14.1. The van der Waals surface area contributed by atoms with E-state index in [4.69, 9.17) is 11.6 Å². The standard InChI is InChI=1S/C14H20ClN3O/c1-14(2,3)17-13(19)10-6-7-18(9-10)12-5-4-11(15)8-16-12/h4-5,8,10H,6-7,9H2,1-3H3,(H,17,19). The van der Waals surface area contributed by atoms with Gasteiger partial charge in [0.2, 0.25) is 5.91 Å². The van der Waals surface area contributed by atoms with Gasteiger partial charge in [-0.3, -0.25) is 4.79 Å². The van der Waals surface area contributed by atoms with E-state index in [1.54, 1.807) is 6.20 Å². The van der Waals surface area contributed by atoms with Gasteiger partial charge in [0, 0.05) is 24.8 Å². The van der Waals surface area contributed by atoms with E-state index in [0.29, 0.717) is 5.02 Å². The van der Waals surface area contributed by atoms with Crippen LogP contribution in [0.4, 0.5) is 5.82 Å². The molecule has 0 aromatic carbocycles. The van der Waals surface area contributed by atoms with E-state index in [-0.39, 0.29) is 17.4 Å². The van der Waals surface area contributed by atoms with Crippen molar-refractivity contribution in [3.05, 3.63) is 23.4 Å². The number of hydrogen-bond donors (Lipinski definition) is 1. The van der Waals surface area contributed by atoms with Gasteiger partial charge in [-0.05, 0) is 39.3 Å². The largest absolute Gasteiger partial charge is 0.356 e. The van der Waals surface area contributed by atoms with Gasteiger partial charge in [0.25, 0.3) is 0 Å². The van der Waals surface area contributed by atoms with Gasteiger partial charge in [-0.25, -0.2) is 4.98 Å². The fourth-order valence-electron chi connectivity index (χ4n) is 2.21. The van der Waals surface area contributed by atoms with Crippen LogP contribution >= 0.6 is 11.6 Å². The van der Waals surface area contributed by atoms with Crippen molar-refractivity contribution < 1.29 is 4.79 Å². The maximum absolute atomic E-state index is 12.1. The van der Waals surface area contributed by atoms with Crippen molar-refractivity contribution in [1.82, 2.24) is 10.3 Å². The summed E-state index contributed by atoms with van der Waals surface area (Å²) in [7, 11) is 0. The lowest BCUT2D eigenvalue weighted by Crippen LogP contribution is -2.44. The molecule has 1 N–H and O–H groups in total. The molecular formula is C14H20ClN3O.